The van der Waals surface area contributed by atoms with E-state index in [1.54, 1.807) is 30.3 Å². The Labute approximate surface area is 155 Å². The molecule has 0 spiro atoms. The summed E-state index contributed by atoms with van der Waals surface area (Å²) in [6.45, 7) is 3.91. The van der Waals surface area contributed by atoms with Gasteiger partial charge < -0.3 is 5.32 Å². The molecule has 0 radical (unpaired) electrons. The molecule has 6 heteroatoms. The van der Waals surface area contributed by atoms with Gasteiger partial charge in [0, 0.05) is 11.3 Å². The monoisotopic (exact) mass is 360 g/mol. The van der Waals surface area contributed by atoms with Gasteiger partial charge in [0.2, 0.25) is 0 Å². The van der Waals surface area contributed by atoms with Crippen molar-refractivity contribution in [2.24, 2.45) is 0 Å². The minimum atomic E-state index is -0.313. The number of hydrogen-bond acceptors (Lipinski definition) is 3. The van der Waals surface area contributed by atoms with E-state index in [-0.39, 0.29) is 11.7 Å². The zero-order valence-corrected chi connectivity index (χ0v) is 14.9. The van der Waals surface area contributed by atoms with Crippen LogP contribution in [0.15, 0.2) is 60.7 Å². The number of hydrogen-bond donors (Lipinski definition) is 1. The van der Waals surface area contributed by atoms with Crippen LogP contribution >= 0.6 is 0 Å². The standard InChI is InChI=1S/C21H17FN4O/c1-13-3-9-18(14(2)11-13)21(27)23-16-6-10-19-20(12-16)25-26(24-19)17-7-4-15(22)5-8-17/h3-12H,1-2H3,(H,23,27). The molecule has 1 aromatic heterocycles. The van der Waals surface area contributed by atoms with Crippen LogP contribution in [0.5, 0.6) is 0 Å². The topological polar surface area (TPSA) is 59.8 Å². The van der Waals surface area contributed by atoms with Crippen LogP contribution in [0.2, 0.25) is 0 Å². The largest absolute Gasteiger partial charge is 0.322 e. The fourth-order valence-electron chi connectivity index (χ4n) is 2.95. The van der Waals surface area contributed by atoms with Crippen LogP contribution < -0.4 is 5.32 Å². The van der Waals surface area contributed by atoms with E-state index in [0.29, 0.717) is 28.0 Å². The molecule has 1 N–H and O–H groups in total. The number of carbonyl (C=O) groups is 1. The minimum absolute atomic E-state index is 0.169. The molecule has 0 aliphatic rings. The van der Waals surface area contributed by atoms with Gasteiger partial charge in [-0.3, -0.25) is 4.79 Å². The smallest absolute Gasteiger partial charge is 0.255 e. The normalized spacial score (nSPS) is 10.9. The molecule has 0 unspecified atom stereocenters. The van der Waals surface area contributed by atoms with Gasteiger partial charge in [0.25, 0.3) is 5.91 Å². The fraction of sp³-hybridized carbons (Fsp3) is 0.0952. The highest BCUT2D eigenvalue weighted by atomic mass is 19.1. The minimum Gasteiger partial charge on any atom is -0.322 e. The summed E-state index contributed by atoms with van der Waals surface area (Å²) < 4.78 is 13.1. The summed E-state index contributed by atoms with van der Waals surface area (Å²) in [4.78, 5) is 14.0. The number of aryl methyl sites for hydroxylation is 2. The van der Waals surface area contributed by atoms with Crippen LogP contribution in [-0.2, 0) is 0 Å². The SMILES string of the molecule is Cc1ccc(C(=O)Nc2ccc3nn(-c4ccc(F)cc4)nc3c2)c(C)c1. The van der Waals surface area contributed by atoms with Crippen molar-refractivity contribution in [3.8, 4) is 5.69 Å². The average molecular weight is 360 g/mol. The molecule has 0 bridgehead atoms. The van der Waals surface area contributed by atoms with E-state index in [1.807, 2.05) is 32.0 Å². The molecule has 0 saturated carbocycles. The van der Waals surface area contributed by atoms with Gasteiger partial charge in [-0.1, -0.05) is 17.7 Å². The first-order chi connectivity index (χ1) is 13.0. The van der Waals surface area contributed by atoms with Gasteiger partial charge in [0.1, 0.15) is 16.9 Å². The van der Waals surface area contributed by atoms with E-state index in [9.17, 15) is 9.18 Å². The van der Waals surface area contributed by atoms with Crippen molar-refractivity contribution >= 4 is 22.6 Å². The fourth-order valence-corrected chi connectivity index (χ4v) is 2.95. The maximum absolute atomic E-state index is 13.1. The van der Waals surface area contributed by atoms with Gasteiger partial charge in [0.05, 0.1) is 5.69 Å². The quantitative estimate of drug-likeness (QED) is 0.588. The van der Waals surface area contributed by atoms with Crippen molar-refractivity contribution in [1.29, 1.82) is 0 Å². The van der Waals surface area contributed by atoms with Crippen LogP contribution in [0, 0.1) is 19.7 Å². The summed E-state index contributed by atoms with van der Waals surface area (Å²) >= 11 is 0. The molecule has 0 aliphatic carbocycles. The van der Waals surface area contributed by atoms with Gasteiger partial charge in [-0.2, -0.15) is 4.80 Å². The van der Waals surface area contributed by atoms with E-state index < -0.39 is 0 Å². The Morgan fingerprint density at radius 3 is 2.41 bits per heavy atom. The lowest BCUT2D eigenvalue weighted by Gasteiger charge is -2.08. The van der Waals surface area contributed by atoms with E-state index in [2.05, 4.69) is 15.5 Å². The predicted octanol–water partition coefficient (Wildman–Crippen LogP) is 4.43. The van der Waals surface area contributed by atoms with Gasteiger partial charge in [0.15, 0.2) is 0 Å². The molecule has 4 rings (SSSR count). The van der Waals surface area contributed by atoms with Crippen molar-refractivity contribution < 1.29 is 9.18 Å². The number of nitrogens with zero attached hydrogens (tertiary/aromatic N) is 3. The molecule has 0 saturated heterocycles. The van der Waals surface area contributed by atoms with E-state index in [0.717, 1.165) is 11.1 Å². The summed E-state index contributed by atoms with van der Waals surface area (Å²) in [6.07, 6.45) is 0. The van der Waals surface area contributed by atoms with Crippen LogP contribution in [0.25, 0.3) is 16.7 Å². The molecule has 0 atom stereocenters. The number of fused-ring (bicyclic) bond motifs is 1. The third kappa shape index (κ3) is 3.42. The lowest BCUT2D eigenvalue weighted by molar-refractivity contribution is 0.102. The summed E-state index contributed by atoms with van der Waals surface area (Å²) in [6, 6.07) is 17.0. The van der Waals surface area contributed by atoms with Crippen LogP contribution in [0.3, 0.4) is 0 Å². The molecular formula is C21H17FN4O. The Hall–Kier alpha value is -3.54. The summed E-state index contributed by atoms with van der Waals surface area (Å²) in [5.41, 5.74) is 5.29. The Balaban J connectivity index is 1.61. The van der Waals surface area contributed by atoms with Gasteiger partial charge in [-0.25, -0.2) is 4.39 Å². The van der Waals surface area contributed by atoms with E-state index >= 15 is 0 Å². The predicted molar refractivity (Wildman–Crippen MR) is 103 cm³/mol. The molecular weight excluding hydrogens is 343 g/mol. The van der Waals surface area contributed by atoms with Gasteiger partial charge in [-0.05, 0) is 67.9 Å². The van der Waals surface area contributed by atoms with Crippen molar-refractivity contribution in [3.05, 3.63) is 83.2 Å². The van der Waals surface area contributed by atoms with Gasteiger partial charge >= 0.3 is 0 Å². The van der Waals surface area contributed by atoms with Crippen LogP contribution in [0.4, 0.5) is 10.1 Å². The molecule has 0 aliphatic heterocycles. The Bertz CT molecular complexity index is 1150. The zero-order chi connectivity index (χ0) is 19.0. The number of halogens is 1. The lowest BCUT2D eigenvalue weighted by Crippen LogP contribution is -2.13. The second-order valence-electron chi connectivity index (χ2n) is 6.44. The van der Waals surface area contributed by atoms with Crippen LogP contribution in [-0.4, -0.2) is 20.9 Å². The maximum atomic E-state index is 13.1. The molecule has 27 heavy (non-hydrogen) atoms. The lowest BCUT2D eigenvalue weighted by atomic mass is 10.1. The van der Waals surface area contributed by atoms with Crippen molar-refractivity contribution in [2.45, 2.75) is 13.8 Å². The maximum Gasteiger partial charge on any atom is 0.255 e. The molecule has 3 aromatic carbocycles. The molecule has 5 nitrogen and oxygen atoms in total. The van der Waals surface area contributed by atoms with E-state index in [4.69, 9.17) is 0 Å². The third-order valence-corrected chi connectivity index (χ3v) is 4.32. The number of benzene rings is 3. The highest BCUT2D eigenvalue weighted by Gasteiger charge is 2.11. The molecule has 134 valence electrons. The highest BCUT2D eigenvalue weighted by Crippen LogP contribution is 2.19. The third-order valence-electron chi connectivity index (χ3n) is 4.32. The number of carbonyl (C=O) groups excluding carboxylic acids is 1. The number of rotatable bonds is 3. The highest BCUT2D eigenvalue weighted by molar-refractivity contribution is 6.05. The summed E-state index contributed by atoms with van der Waals surface area (Å²) in [5, 5.41) is 11.7. The number of nitrogens with one attached hydrogen (secondary N) is 1. The zero-order valence-electron chi connectivity index (χ0n) is 14.9. The van der Waals surface area contributed by atoms with Crippen molar-refractivity contribution in [3.63, 3.8) is 0 Å². The second kappa shape index (κ2) is 6.64. The Kier molecular flexibility index (Phi) is 4.16. The molecule has 1 heterocycles. The van der Waals surface area contributed by atoms with Crippen molar-refractivity contribution in [2.75, 3.05) is 5.32 Å². The average Bonchev–Trinajstić information content (AvgIpc) is 3.05. The Morgan fingerprint density at radius 2 is 1.67 bits per heavy atom. The first-order valence-corrected chi connectivity index (χ1v) is 8.51. The first kappa shape index (κ1) is 16.9. The summed E-state index contributed by atoms with van der Waals surface area (Å²) in [5.74, 6) is -0.482. The number of anilines is 1. The summed E-state index contributed by atoms with van der Waals surface area (Å²) in [7, 11) is 0. The Morgan fingerprint density at radius 1 is 0.926 bits per heavy atom. The number of aromatic nitrogens is 3. The molecule has 1 amide bonds. The molecule has 0 fully saturated rings. The first-order valence-electron chi connectivity index (χ1n) is 8.51. The van der Waals surface area contributed by atoms with Gasteiger partial charge in [-0.15, -0.1) is 10.2 Å². The molecule has 4 aromatic rings. The second-order valence-corrected chi connectivity index (χ2v) is 6.44. The number of amides is 1. The van der Waals surface area contributed by atoms with Crippen LogP contribution in [0.1, 0.15) is 21.5 Å². The van der Waals surface area contributed by atoms with E-state index in [1.165, 1.54) is 16.9 Å². The van der Waals surface area contributed by atoms with Crippen molar-refractivity contribution in [1.82, 2.24) is 15.0 Å².